The van der Waals surface area contributed by atoms with Gasteiger partial charge in [-0.25, -0.2) is 4.79 Å². The van der Waals surface area contributed by atoms with Crippen molar-refractivity contribution in [1.82, 2.24) is 0 Å². The molecule has 0 unspecified atom stereocenters. The Morgan fingerprint density at radius 2 is 1.74 bits per heavy atom. The zero-order valence-electron chi connectivity index (χ0n) is 15.1. The van der Waals surface area contributed by atoms with E-state index in [4.69, 9.17) is 42.3 Å². The predicted octanol–water partition coefficient (Wildman–Crippen LogP) is 4.49. The second kappa shape index (κ2) is 10.0. The lowest BCUT2D eigenvalue weighted by molar-refractivity contribution is -0.132. The number of methoxy groups -OCH3 is 1. The first-order valence-electron chi connectivity index (χ1n) is 8.04. The summed E-state index contributed by atoms with van der Waals surface area (Å²) in [4.78, 5) is 16.8. The number of nitrogens with zero attached hydrogens (tertiary/aromatic N) is 1. The van der Waals surface area contributed by atoms with Crippen LogP contribution in [-0.4, -0.2) is 32.5 Å². The molecule has 0 aliphatic rings. The Morgan fingerprint density at radius 3 is 2.33 bits per heavy atom. The molecule has 0 amide bonds. The molecule has 0 radical (unpaired) electrons. The van der Waals surface area contributed by atoms with Gasteiger partial charge in [0.25, 0.3) is 0 Å². The third-order valence-electron chi connectivity index (χ3n) is 3.49. The first-order chi connectivity index (χ1) is 13.0. The number of halogens is 2. The van der Waals surface area contributed by atoms with Crippen LogP contribution in [-0.2, 0) is 21.0 Å². The molecule has 0 bridgehead atoms. The van der Waals surface area contributed by atoms with Crippen LogP contribution >= 0.6 is 23.2 Å². The summed E-state index contributed by atoms with van der Waals surface area (Å²) in [5, 5.41) is 4.47. The smallest absolute Gasteiger partial charge is 0.360 e. The second-order valence-corrected chi connectivity index (χ2v) is 6.02. The van der Waals surface area contributed by atoms with Gasteiger partial charge >= 0.3 is 5.97 Å². The van der Waals surface area contributed by atoms with Gasteiger partial charge in [-0.05, 0) is 12.5 Å². The minimum Gasteiger partial charge on any atom is -0.491 e. The Kier molecular flexibility index (Phi) is 7.76. The van der Waals surface area contributed by atoms with Crippen LogP contribution in [0.2, 0.25) is 10.0 Å². The van der Waals surface area contributed by atoms with E-state index >= 15 is 0 Å². The maximum absolute atomic E-state index is 12.0. The molecular formula is C19H19Cl2NO5. The van der Waals surface area contributed by atoms with Gasteiger partial charge in [-0.2, -0.15) is 0 Å². The highest BCUT2D eigenvalue weighted by Crippen LogP contribution is 2.37. The fraction of sp³-hybridized carbons (Fsp3) is 0.263. The highest BCUT2D eigenvalue weighted by molar-refractivity contribution is 6.43. The Hall–Kier alpha value is -2.44. The number of rotatable bonds is 8. The van der Waals surface area contributed by atoms with Crippen molar-refractivity contribution in [3.63, 3.8) is 0 Å². The van der Waals surface area contributed by atoms with E-state index in [2.05, 4.69) is 5.16 Å². The maximum Gasteiger partial charge on any atom is 0.360 e. The fourth-order valence-electron chi connectivity index (χ4n) is 2.32. The molecule has 0 atom stereocenters. The summed E-state index contributed by atoms with van der Waals surface area (Å²) in [6, 6.07) is 10.4. The molecule has 144 valence electrons. The van der Waals surface area contributed by atoms with Gasteiger partial charge in [0.2, 0.25) is 0 Å². The number of oxime groups is 1. The van der Waals surface area contributed by atoms with Crippen LogP contribution < -0.4 is 9.47 Å². The van der Waals surface area contributed by atoms with Gasteiger partial charge in [-0.15, -0.1) is 0 Å². The van der Waals surface area contributed by atoms with Gasteiger partial charge in [0.05, 0.1) is 23.8 Å². The lowest BCUT2D eigenvalue weighted by atomic mass is 10.0. The zero-order chi connectivity index (χ0) is 19.8. The van der Waals surface area contributed by atoms with Crippen molar-refractivity contribution < 1.29 is 23.8 Å². The molecule has 0 aromatic heterocycles. The van der Waals surface area contributed by atoms with Crippen LogP contribution in [0, 0.1) is 0 Å². The second-order valence-electron chi connectivity index (χ2n) is 5.21. The topological polar surface area (TPSA) is 66.3 Å². The van der Waals surface area contributed by atoms with E-state index in [0.717, 1.165) is 0 Å². The average Bonchev–Trinajstić information content (AvgIpc) is 2.67. The number of esters is 1. The van der Waals surface area contributed by atoms with Crippen molar-refractivity contribution in [2.24, 2.45) is 5.16 Å². The Bertz CT molecular complexity index is 816. The molecule has 6 nitrogen and oxygen atoms in total. The van der Waals surface area contributed by atoms with Crippen molar-refractivity contribution in [3.05, 3.63) is 57.6 Å². The number of carbonyl (C=O) groups excluding carboxylic acids is 1. The summed E-state index contributed by atoms with van der Waals surface area (Å²) in [6.07, 6.45) is 0. The monoisotopic (exact) mass is 411 g/mol. The molecule has 2 aromatic rings. The number of benzene rings is 2. The number of hydrogen-bond donors (Lipinski definition) is 0. The SMILES string of the molecule is CCOc1c(Cl)cc(OCc2ccccc2/C(=N\OC)C(=O)OC)cc1Cl. The van der Waals surface area contributed by atoms with E-state index in [9.17, 15) is 4.79 Å². The molecule has 2 rings (SSSR count). The van der Waals surface area contributed by atoms with E-state index in [-0.39, 0.29) is 12.3 Å². The van der Waals surface area contributed by atoms with Crippen LogP contribution in [0.5, 0.6) is 11.5 Å². The number of ether oxygens (including phenoxy) is 3. The van der Waals surface area contributed by atoms with Gasteiger partial charge in [-0.3, -0.25) is 0 Å². The molecule has 0 heterocycles. The Balaban J connectivity index is 2.27. The first-order valence-corrected chi connectivity index (χ1v) is 8.79. The molecule has 0 aliphatic carbocycles. The minimum atomic E-state index is -0.614. The van der Waals surface area contributed by atoms with Crippen LogP contribution in [0.1, 0.15) is 18.1 Å². The predicted molar refractivity (Wildman–Crippen MR) is 104 cm³/mol. The normalized spacial score (nSPS) is 11.1. The van der Waals surface area contributed by atoms with Crippen molar-refractivity contribution in [3.8, 4) is 11.5 Å². The van der Waals surface area contributed by atoms with Crippen LogP contribution in [0.4, 0.5) is 0 Å². The molecule has 0 saturated heterocycles. The number of carbonyl (C=O) groups is 1. The molecule has 8 heteroatoms. The van der Waals surface area contributed by atoms with Gasteiger partial charge < -0.3 is 19.0 Å². The Morgan fingerprint density at radius 1 is 1.07 bits per heavy atom. The zero-order valence-corrected chi connectivity index (χ0v) is 16.6. The van der Waals surface area contributed by atoms with Gasteiger partial charge in [0, 0.05) is 17.7 Å². The van der Waals surface area contributed by atoms with Crippen LogP contribution in [0.25, 0.3) is 0 Å². The van der Waals surface area contributed by atoms with Crippen LogP contribution in [0.15, 0.2) is 41.6 Å². The summed E-state index contributed by atoms with van der Waals surface area (Å²) >= 11 is 12.4. The highest BCUT2D eigenvalue weighted by Gasteiger charge is 2.19. The summed E-state index contributed by atoms with van der Waals surface area (Å²) in [5.41, 5.74) is 1.29. The lowest BCUT2D eigenvalue weighted by Gasteiger charge is -2.14. The van der Waals surface area contributed by atoms with Gasteiger partial charge in [0.15, 0.2) is 11.5 Å². The molecule has 0 spiro atoms. The third kappa shape index (κ3) is 5.28. The Labute approximate surface area is 167 Å². The highest BCUT2D eigenvalue weighted by atomic mass is 35.5. The summed E-state index contributed by atoms with van der Waals surface area (Å²) in [6.45, 7) is 2.44. The first kappa shape index (κ1) is 20.9. The quantitative estimate of drug-likeness (QED) is 0.363. The largest absolute Gasteiger partial charge is 0.491 e. The summed E-state index contributed by atoms with van der Waals surface area (Å²) < 4.78 is 16.0. The molecule has 0 fully saturated rings. The molecule has 0 saturated carbocycles. The molecule has 0 N–H and O–H groups in total. The van der Waals surface area contributed by atoms with Gasteiger partial charge in [0.1, 0.15) is 19.5 Å². The van der Waals surface area contributed by atoms with E-state index < -0.39 is 5.97 Å². The van der Waals surface area contributed by atoms with Crippen molar-refractivity contribution in [1.29, 1.82) is 0 Å². The van der Waals surface area contributed by atoms with E-state index in [1.54, 1.807) is 30.3 Å². The van der Waals surface area contributed by atoms with E-state index in [0.29, 0.717) is 39.3 Å². The molecule has 2 aromatic carbocycles. The van der Waals surface area contributed by atoms with E-state index in [1.165, 1.54) is 14.2 Å². The average molecular weight is 412 g/mol. The fourth-order valence-corrected chi connectivity index (χ4v) is 2.90. The molecule has 27 heavy (non-hydrogen) atoms. The van der Waals surface area contributed by atoms with Crippen molar-refractivity contribution >= 4 is 34.9 Å². The standard InChI is InChI=1S/C19H19Cl2NO5/c1-4-26-18-15(20)9-13(10-16(18)21)27-11-12-7-5-6-8-14(12)17(22-25-3)19(23)24-2/h5-10H,4,11H2,1-3H3/b22-17+. The van der Waals surface area contributed by atoms with Gasteiger partial charge in [-0.1, -0.05) is 52.6 Å². The van der Waals surface area contributed by atoms with Crippen LogP contribution in [0.3, 0.4) is 0 Å². The maximum atomic E-state index is 12.0. The van der Waals surface area contributed by atoms with Crippen molar-refractivity contribution in [2.45, 2.75) is 13.5 Å². The van der Waals surface area contributed by atoms with E-state index in [1.807, 2.05) is 13.0 Å². The molecule has 0 aliphatic heterocycles. The lowest BCUT2D eigenvalue weighted by Crippen LogP contribution is -2.19. The third-order valence-corrected chi connectivity index (χ3v) is 4.05. The van der Waals surface area contributed by atoms with Crippen molar-refractivity contribution in [2.75, 3.05) is 20.8 Å². The molecular weight excluding hydrogens is 393 g/mol. The summed E-state index contributed by atoms with van der Waals surface area (Å²) in [5.74, 6) is 0.261. The number of hydrogen-bond acceptors (Lipinski definition) is 6. The minimum absolute atomic E-state index is 0.0435. The summed E-state index contributed by atoms with van der Waals surface area (Å²) in [7, 11) is 2.63.